The van der Waals surface area contributed by atoms with Crippen LogP contribution in [0.15, 0.2) is 69.6 Å². The maximum Gasteiger partial charge on any atom is 0.338 e. The molecule has 2 aromatic heterocycles. The van der Waals surface area contributed by atoms with E-state index in [0.29, 0.717) is 30.6 Å². The Morgan fingerprint density at radius 2 is 1.77 bits per heavy atom. The number of halogens is 2. The number of aryl methyl sites for hydroxylation is 2. The molecule has 0 aliphatic carbocycles. The van der Waals surface area contributed by atoms with Crippen molar-refractivity contribution in [3.05, 3.63) is 118 Å². The fraction of sp³-hybridized carbons (Fsp3) is 0.233. The first-order valence-electron chi connectivity index (χ1n) is 12.5. The predicted octanol–water partition coefficient (Wildman–Crippen LogP) is 5.82. The van der Waals surface area contributed by atoms with Crippen molar-refractivity contribution in [2.75, 3.05) is 6.61 Å². The topological polar surface area (TPSA) is 65.6 Å². The van der Waals surface area contributed by atoms with Gasteiger partial charge in [-0.15, -0.1) is 0 Å². The summed E-state index contributed by atoms with van der Waals surface area (Å²) in [5.74, 6) is -0.469. The highest BCUT2D eigenvalue weighted by Gasteiger charge is 2.33. The van der Waals surface area contributed by atoms with Crippen molar-refractivity contribution < 1.29 is 9.53 Å². The zero-order valence-corrected chi connectivity index (χ0v) is 24.5. The smallest absolute Gasteiger partial charge is 0.338 e. The molecule has 0 spiro atoms. The molecule has 9 heteroatoms. The van der Waals surface area contributed by atoms with Crippen molar-refractivity contribution in [3.8, 4) is 5.69 Å². The van der Waals surface area contributed by atoms with E-state index in [0.717, 1.165) is 33.8 Å². The number of nitrogens with zero attached hydrogens (tertiary/aromatic N) is 3. The first kappa shape index (κ1) is 27.2. The first-order valence-corrected chi connectivity index (χ1v) is 14.1. The van der Waals surface area contributed by atoms with Gasteiger partial charge in [0.05, 0.1) is 38.5 Å². The Hall–Kier alpha value is -3.39. The molecular weight excluding hydrogens is 553 g/mol. The van der Waals surface area contributed by atoms with Crippen LogP contribution < -0.4 is 14.9 Å². The van der Waals surface area contributed by atoms with Gasteiger partial charge >= 0.3 is 5.97 Å². The number of carbonyl (C=O) groups excluding carboxylic acids is 1. The lowest BCUT2D eigenvalue weighted by molar-refractivity contribution is -0.139. The van der Waals surface area contributed by atoms with Crippen molar-refractivity contribution >= 4 is 46.6 Å². The van der Waals surface area contributed by atoms with E-state index in [1.165, 1.54) is 11.3 Å². The fourth-order valence-corrected chi connectivity index (χ4v) is 6.28. The molecule has 1 aliphatic rings. The average Bonchev–Trinajstić information content (AvgIpc) is 3.35. The van der Waals surface area contributed by atoms with Crippen molar-refractivity contribution in [1.29, 1.82) is 0 Å². The summed E-state index contributed by atoms with van der Waals surface area (Å²) in [4.78, 5) is 32.2. The molecular formula is C30H27Cl2N3O3S. The van der Waals surface area contributed by atoms with Crippen LogP contribution in [0, 0.1) is 20.8 Å². The molecule has 0 fully saturated rings. The molecule has 0 N–H and O–H groups in total. The van der Waals surface area contributed by atoms with Crippen molar-refractivity contribution in [2.45, 2.75) is 40.7 Å². The second-order valence-corrected chi connectivity index (χ2v) is 11.3. The number of benzene rings is 2. The van der Waals surface area contributed by atoms with Gasteiger partial charge in [-0.05, 0) is 76.1 Å². The SMILES string of the molecule is CCOC(=O)C1=C(C)N=c2sc(=Cc3cc(C)n(-c4ccc(Cl)c(Cl)c4)c3C)c(=O)n2C1c1ccc(C)cc1. The standard InChI is InChI=1S/C30H27Cl2N3O3S/c1-6-38-29(37)26-18(4)33-30-35(27(26)20-9-7-16(2)8-10-20)28(36)25(39-30)14-21-13-17(3)34(19(21)5)22-11-12-23(31)24(32)15-22/h7-15,27H,6H2,1-5H3. The van der Waals surface area contributed by atoms with Gasteiger partial charge in [-0.3, -0.25) is 9.36 Å². The molecule has 200 valence electrons. The number of esters is 1. The highest BCUT2D eigenvalue weighted by atomic mass is 35.5. The third-order valence-electron chi connectivity index (χ3n) is 6.83. The highest BCUT2D eigenvalue weighted by molar-refractivity contribution is 7.07. The molecule has 0 saturated carbocycles. The van der Waals surface area contributed by atoms with Crippen LogP contribution in [0.3, 0.4) is 0 Å². The van der Waals surface area contributed by atoms with E-state index in [9.17, 15) is 9.59 Å². The lowest BCUT2D eigenvalue weighted by Gasteiger charge is -2.24. The van der Waals surface area contributed by atoms with Gasteiger partial charge < -0.3 is 9.30 Å². The number of hydrogen-bond donors (Lipinski definition) is 0. The minimum Gasteiger partial charge on any atom is -0.463 e. The fourth-order valence-electron chi connectivity index (χ4n) is 4.95. The monoisotopic (exact) mass is 579 g/mol. The number of ether oxygens (including phenoxy) is 1. The quantitative estimate of drug-likeness (QED) is 0.280. The molecule has 5 rings (SSSR count). The Labute approximate surface area is 240 Å². The lowest BCUT2D eigenvalue weighted by atomic mass is 9.95. The summed E-state index contributed by atoms with van der Waals surface area (Å²) in [5.41, 5.74) is 6.34. The van der Waals surface area contributed by atoms with Crippen LogP contribution in [0.5, 0.6) is 0 Å². The normalized spacial score (nSPS) is 15.4. The number of rotatable bonds is 5. The molecule has 3 heterocycles. The summed E-state index contributed by atoms with van der Waals surface area (Å²) in [6, 6.07) is 14.7. The Morgan fingerprint density at radius 1 is 1.05 bits per heavy atom. The molecule has 0 radical (unpaired) electrons. The predicted molar refractivity (Wildman–Crippen MR) is 157 cm³/mol. The third kappa shape index (κ3) is 4.91. The molecule has 0 saturated heterocycles. The van der Waals surface area contributed by atoms with E-state index in [1.807, 2.05) is 69.3 Å². The molecule has 1 aliphatic heterocycles. The van der Waals surface area contributed by atoms with Crippen LogP contribution in [-0.4, -0.2) is 21.7 Å². The van der Waals surface area contributed by atoms with Gasteiger partial charge in [-0.25, -0.2) is 9.79 Å². The molecule has 0 bridgehead atoms. The van der Waals surface area contributed by atoms with Gasteiger partial charge in [-0.1, -0.05) is 64.4 Å². The summed E-state index contributed by atoms with van der Waals surface area (Å²) in [6.07, 6.45) is 1.88. The van der Waals surface area contributed by atoms with Gasteiger partial charge in [0.2, 0.25) is 0 Å². The summed E-state index contributed by atoms with van der Waals surface area (Å²) in [6.45, 7) is 9.77. The van der Waals surface area contributed by atoms with E-state index in [1.54, 1.807) is 24.5 Å². The number of fused-ring (bicyclic) bond motifs is 1. The van der Waals surface area contributed by atoms with E-state index >= 15 is 0 Å². The number of hydrogen-bond acceptors (Lipinski definition) is 5. The summed E-state index contributed by atoms with van der Waals surface area (Å²) in [7, 11) is 0. The summed E-state index contributed by atoms with van der Waals surface area (Å²) < 4.78 is 9.59. The number of allylic oxidation sites excluding steroid dienone is 1. The van der Waals surface area contributed by atoms with Crippen LogP contribution in [0.4, 0.5) is 0 Å². The van der Waals surface area contributed by atoms with Crippen LogP contribution in [-0.2, 0) is 9.53 Å². The Bertz CT molecular complexity index is 1830. The minimum atomic E-state index is -0.633. The van der Waals surface area contributed by atoms with Crippen LogP contribution >= 0.6 is 34.5 Å². The van der Waals surface area contributed by atoms with Gasteiger partial charge in [0.25, 0.3) is 5.56 Å². The maximum absolute atomic E-state index is 13.9. The third-order valence-corrected chi connectivity index (χ3v) is 8.55. The molecule has 39 heavy (non-hydrogen) atoms. The average molecular weight is 581 g/mol. The Morgan fingerprint density at radius 3 is 2.44 bits per heavy atom. The van der Waals surface area contributed by atoms with Crippen LogP contribution in [0.2, 0.25) is 10.0 Å². The number of aromatic nitrogens is 2. The molecule has 4 aromatic rings. The van der Waals surface area contributed by atoms with E-state index in [4.69, 9.17) is 27.9 Å². The number of thiazole rings is 1. The highest BCUT2D eigenvalue weighted by Crippen LogP contribution is 2.31. The Balaban J connectivity index is 1.68. The van der Waals surface area contributed by atoms with Crippen molar-refractivity contribution in [3.63, 3.8) is 0 Å². The zero-order chi connectivity index (χ0) is 28.0. The van der Waals surface area contributed by atoms with Crippen molar-refractivity contribution in [2.24, 2.45) is 4.99 Å². The van der Waals surface area contributed by atoms with Gasteiger partial charge in [0.15, 0.2) is 4.80 Å². The van der Waals surface area contributed by atoms with E-state index < -0.39 is 12.0 Å². The van der Waals surface area contributed by atoms with Gasteiger partial charge in [0.1, 0.15) is 0 Å². The maximum atomic E-state index is 13.9. The molecule has 1 unspecified atom stereocenters. The summed E-state index contributed by atoms with van der Waals surface area (Å²) in [5, 5.41) is 0.963. The second-order valence-electron chi connectivity index (χ2n) is 9.47. The van der Waals surface area contributed by atoms with Crippen LogP contribution in [0.1, 0.15) is 48.0 Å². The minimum absolute atomic E-state index is 0.210. The van der Waals surface area contributed by atoms with Gasteiger partial charge in [-0.2, -0.15) is 0 Å². The zero-order valence-electron chi connectivity index (χ0n) is 22.2. The van der Waals surface area contributed by atoms with Crippen molar-refractivity contribution in [1.82, 2.24) is 9.13 Å². The second kappa shape index (κ2) is 10.6. The van der Waals surface area contributed by atoms with E-state index in [-0.39, 0.29) is 12.2 Å². The number of carbonyl (C=O) groups is 1. The Kier molecular flexibility index (Phi) is 7.42. The first-order chi connectivity index (χ1) is 18.6. The largest absolute Gasteiger partial charge is 0.463 e. The summed E-state index contributed by atoms with van der Waals surface area (Å²) >= 11 is 13.7. The molecule has 2 aromatic carbocycles. The molecule has 1 atom stereocenters. The lowest BCUT2D eigenvalue weighted by Crippen LogP contribution is -2.39. The molecule has 6 nitrogen and oxygen atoms in total. The molecule has 0 amide bonds. The van der Waals surface area contributed by atoms with Gasteiger partial charge in [0, 0.05) is 17.1 Å². The van der Waals surface area contributed by atoms with E-state index in [2.05, 4.69) is 9.56 Å². The van der Waals surface area contributed by atoms with Crippen LogP contribution in [0.25, 0.3) is 11.8 Å².